The lowest BCUT2D eigenvalue weighted by molar-refractivity contribution is 0.0945. The summed E-state index contributed by atoms with van der Waals surface area (Å²) in [6.45, 7) is 3.56. The number of rotatable bonds is 6. The van der Waals surface area contributed by atoms with Crippen molar-refractivity contribution in [3.8, 4) is 0 Å². The van der Waals surface area contributed by atoms with Crippen LogP contribution < -0.4 is 15.4 Å². The number of sulfonamides is 1. The second-order valence-electron chi connectivity index (χ2n) is 5.11. The number of anilines is 1. The molecule has 1 rings (SSSR count). The van der Waals surface area contributed by atoms with Crippen molar-refractivity contribution in [2.24, 2.45) is 0 Å². The summed E-state index contributed by atoms with van der Waals surface area (Å²) in [4.78, 5) is 16.0. The molecule has 1 heterocycles. The molecule has 1 aromatic heterocycles. The van der Waals surface area contributed by atoms with E-state index in [9.17, 15) is 13.2 Å². The normalized spacial score (nSPS) is 12.0. The lowest BCUT2D eigenvalue weighted by atomic mass is 10.1. The van der Waals surface area contributed by atoms with E-state index in [0.29, 0.717) is 11.3 Å². The molecule has 7 nitrogen and oxygen atoms in total. The molecule has 0 aliphatic carbocycles. The monoisotopic (exact) mass is 300 g/mol. The molecule has 8 heteroatoms. The van der Waals surface area contributed by atoms with Gasteiger partial charge >= 0.3 is 0 Å². The van der Waals surface area contributed by atoms with Gasteiger partial charge in [0, 0.05) is 25.3 Å². The molecule has 112 valence electrons. The van der Waals surface area contributed by atoms with Crippen LogP contribution in [0, 0.1) is 0 Å². The van der Waals surface area contributed by atoms with E-state index in [-0.39, 0.29) is 12.5 Å². The molecule has 20 heavy (non-hydrogen) atoms. The first kappa shape index (κ1) is 16.4. The van der Waals surface area contributed by atoms with E-state index in [0.717, 1.165) is 6.26 Å². The van der Waals surface area contributed by atoms with Crippen molar-refractivity contribution < 1.29 is 13.2 Å². The zero-order valence-corrected chi connectivity index (χ0v) is 12.8. The van der Waals surface area contributed by atoms with Gasteiger partial charge in [-0.1, -0.05) is 0 Å². The molecule has 0 fully saturated rings. The van der Waals surface area contributed by atoms with Gasteiger partial charge in [0.1, 0.15) is 0 Å². The number of pyridine rings is 1. The van der Waals surface area contributed by atoms with Crippen LogP contribution in [-0.4, -0.2) is 44.7 Å². The number of amides is 1. The fourth-order valence-corrected chi connectivity index (χ4v) is 2.80. The minimum Gasteiger partial charge on any atom is -0.386 e. The molecule has 3 N–H and O–H groups in total. The number of hydrogen-bond donors (Lipinski definition) is 3. The van der Waals surface area contributed by atoms with E-state index in [4.69, 9.17) is 0 Å². The summed E-state index contributed by atoms with van der Waals surface area (Å²) in [5.74, 6) is -0.292. The fourth-order valence-electron chi connectivity index (χ4n) is 1.73. The standard InChI is InChI=1S/C12H20N4O3S/c1-12(2,16-20(4,18)19)8-15-11(17)9-5-6-14-7-10(9)13-3/h5-7,13,16H,8H2,1-4H3,(H,15,17). The first-order valence-corrected chi connectivity index (χ1v) is 7.93. The number of aromatic nitrogens is 1. The van der Waals surface area contributed by atoms with Crippen LogP contribution in [0.15, 0.2) is 18.5 Å². The van der Waals surface area contributed by atoms with Gasteiger partial charge in [-0.15, -0.1) is 0 Å². The maximum atomic E-state index is 12.1. The number of carbonyl (C=O) groups is 1. The highest BCUT2D eigenvalue weighted by atomic mass is 32.2. The van der Waals surface area contributed by atoms with Gasteiger partial charge in [-0.3, -0.25) is 9.78 Å². The third-order valence-electron chi connectivity index (χ3n) is 2.49. The summed E-state index contributed by atoms with van der Waals surface area (Å²) in [5.41, 5.74) is 0.298. The maximum Gasteiger partial charge on any atom is 0.253 e. The average molecular weight is 300 g/mol. The maximum absolute atomic E-state index is 12.1. The molecule has 0 unspecified atom stereocenters. The van der Waals surface area contributed by atoms with E-state index < -0.39 is 15.6 Å². The van der Waals surface area contributed by atoms with Crippen molar-refractivity contribution in [2.75, 3.05) is 25.2 Å². The highest BCUT2D eigenvalue weighted by Crippen LogP contribution is 2.12. The van der Waals surface area contributed by atoms with Gasteiger partial charge in [-0.25, -0.2) is 13.1 Å². The Labute approximate surface area is 119 Å². The molecule has 0 aliphatic heterocycles. The molecule has 0 aromatic carbocycles. The van der Waals surface area contributed by atoms with Crippen LogP contribution in [0.4, 0.5) is 5.69 Å². The van der Waals surface area contributed by atoms with Gasteiger partial charge < -0.3 is 10.6 Å². The minimum absolute atomic E-state index is 0.171. The molecule has 1 aromatic rings. The molecule has 0 radical (unpaired) electrons. The van der Waals surface area contributed by atoms with Crippen LogP contribution in [0.5, 0.6) is 0 Å². The predicted octanol–water partition coefficient (Wildman–Crippen LogP) is 0.181. The smallest absolute Gasteiger partial charge is 0.253 e. The van der Waals surface area contributed by atoms with Crippen LogP contribution in [0.1, 0.15) is 24.2 Å². The van der Waals surface area contributed by atoms with Gasteiger partial charge in [0.05, 0.1) is 23.7 Å². The second-order valence-corrected chi connectivity index (χ2v) is 6.86. The van der Waals surface area contributed by atoms with Crippen molar-refractivity contribution in [1.82, 2.24) is 15.0 Å². The molecular formula is C12H20N4O3S. The number of nitrogens with one attached hydrogen (secondary N) is 3. The summed E-state index contributed by atoms with van der Waals surface area (Å²) in [7, 11) is -1.63. The summed E-state index contributed by atoms with van der Waals surface area (Å²) >= 11 is 0. The largest absolute Gasteiger partial charge is 0.386 e. The Kier molecular flexibility index (Phi) is 5.07. The fraction of sp³-hybridized carbons (Fsp3) is 0.500. The van der Waals surface area contributed by atoms with Crippen molar-refractivity contribution in [2.45, 2.75) is 19.4 Å². The van der Waals surface area contributed by atoms with E-state index >= 15 is 0 Å². The van der Waals surface area contributed by atoms with Crippen molar-refractivity contribution in [3.63, 3.8) is 0 Å². The molecule has 0 atom stereocenters. The average Bonchev–Trinajstić information content (AvgIpc) is 2.33. The van der Waals surface area contributed by atoms with Crippen LogP contribution in [0.25, 0.3) is 0 Å². The minimum atomic E-state index is -3.33. The van der Waals surface area contributed by atoms with E-state index in [1.165, 1.54) is 6.20 Å². The highest BCUT2D eigenvalue weighted by Gasteiger charge is 2.23. The number of hydrogen-bond acceptors (Lipinski definition) is 5. The topological polar surface area (TPSA) is 100 Å². The quantitative estimate of drug-likeness (QED) is 0.696. The molecular weight excluding hydrogens is 280 g/mol. The van der Waals surface area contributed by atoms with Crippen LogP contribution in [0.2, 0.25) is 0 Å². The first-order valence-electron chi connectivity index (χ1n) is 6.03. The van der Waals surface area contributed by atoms with E-state index in [1.807, 2.05) is 0 Å². The Hall–Kier alpha value is -1.67. The summed E-state index contributed by atoms with van der Waals surface area (Å²) < 4.78 is 24.9. The third kappa shape index (κ3) is 5.14. The molecule has 0 saturated heterocycles. The Morgan fingerprint density at radius 1 is 1.40 bits per heavy atom. The van der Waals surface area contributed by atoms with Gasteiger partial charge in [-0.05, 0) is 19.9 Å². The molecule has 0 saturated carbocycles. The molecule has 0 bridgehead atoms. The number of carbonyl (C=O) groups excluding carboxylic acids is 1. The lowest BCUT2D eigenvalue weighted by Gasteiger charge is -2.25. The number of nitrogens with zero attached hydrogens (tertiary/aromatic N) is 1. The van der Waals surface area contributed by atoms with Crippen LogP contribution in [-0.2, 0) is 10.0 Å². The van der Waals surface area contributed by atoms with E-state index in [2.05, 4.69) is 20.3 Å². The Morgan fingerprint density at radius 3 is 2.60 bits per heavy atom. The highest BCUT2D eigenvalue weighted by molar-refractivity contribution is 7.88. The van der Waals surface area contributed by atoms with Gasteiger partial charge in [0.15, 0.2) is 0 Å². The van der Waals surface area contributed by atoms with Crippen molar-refractivity contribution >= 4 is 21.6 Å². The van der Waals surface area contributed by atoms with Gasteiger partial charge in [0.2, 0.25) is 10.0 Å². The Bertz CT molecular complexity index is 584. The van der Waals surface area contributed by atoms with Gasteiger partial charge in [0.25, 0.3) is 5.91 Å². The Morgan fingerprint density at radius 2 is 2.05 bits per heavy atom. The SMILES string of the molecule is CNc1cnccc1C(=O)NCC(C)(C)NS(C)(=O)=O. The van der Waals surface area contributed by atoms with E-state index in [1.54, 1.807) is 33.2 Å². The predicted molar refractivity (Wildman–Crippen MR) is 78.2 cm³/mol. The summed E-state index contributed by atoms with van der Waals surface area (Å²) in [6, 6.07) is 1.60. The first-order chi connectivity index (χ1) is 9.14. The molecule has 0 spiro atoms. The zero-order valence-electron chi connectivity index (χ0n) is 12.0. The van der Waals surface area contributed by atoms with Crippen molar-refractivity contribution in [1.29, 1.82) is 0 Å². The Balaban J connectivity index is 2.72. The molecule has 0 aliphatic rings. The van der Waals surface area contributed by atoms with Gasteiger partial charge in [-0.2, -0.15) is 0 Å². The lowest BCUT2D eigenvalue weighted by Crippen LogP contribution is -2.51. The van der Waals surface area contributed by atoms with Crippen LogP contribution >= 0.6 is 0 Å². The van der Waals surface area contributed by atoms with Crippen LogP contribution in [0.3, 0.4) is 0 Å². The van der Waals surface area contributed by atoms with Crippen molar-refractivity contribution in [3.05, 3.63) is 24.0 Å². The molecule has 1 amide bonds. The summed E-state index contributed by atoms with van der Waals surface area (Å²) in [6.07, 6.45) is 4.16. The second kappa shape index (κ2) is 6.19. The zero-order chi connectivity index (χ0) is 15.4. The third-order valence-corrected chi connectivity index (χ3v) is 3.41. The summed E-state index contributed by atoms with van der Waals surface area (Å²) in [5, 5.41) is 5.58.